The molecule has 1 saturated heterocycles. The number of methoxy groups -OCH3 is 1. The SMILES string of the molecule is COC(=O)C1(NC(C)C)CCCSC1. The van der Waals surface area contributed by atoms with Crippen molar-refractivity contribution in [3.8, 4) is 0 Å². The van der Waals surface area contributed by atoms with E-state index in [4.69, 9.17) is 4.74 Å². The van der Waals surface area contributed by atoms with E-state index in [1.807, 2.05) is 11.8 Å². The molecule has 0 radical (unpaired) electrons. The number of rotatable bonds is 3. The number of carbonyl (C=O) groups is 1. The van der Waals surface area contributed by atoms with E-state index in [1.165, 1.54) is 7.11 Å². The van der Waals surface area contributed by atoms with Crippen LogP contribution in [0.1, 0.15) is 26.7 Å². The molecule has 1 aliphatic heterocycles. The van der Waals surface area contributed by atoms with Crippen molar-refractivity contribution in [2.75, 3.05) is 18.6 Å². The Morgan fingerprint density at radius 2 is 2.29 bits per heavy atom. The molecule has 1 N–H and O–H groups in total. The normalized spacial score (nSPS) is 27.7. The molecule has 0 aromatic carbocycles. The number of ether oxygens (including phenoxy) is 1. The Morgan fingerprint density at radius 1 is 1.57 bits per heavy atom. The molecule has 0 aromatic rings. The minimum atomic E-state index is -0.439. The summed E-state index contributed by atoms with van der Waals surface area (Å²) < 4.78 is 4.88. The topological polar surface area (TPSA) is 38.3 Å². The lowest BCUT2D eigenvalue weighted by molar-refractivity contribution is -0.148. The van der Waals surface area contributed by atoms with E-state index < -0.39 is 5.54 Å². The van der Waals surface area contributed by atoms with E-state index in [0.29, 0.717) is 6.04 Å². The number of hydrogen-bond acceptors (Lipinski definition) is 4. The summed E-state index contributed by atoms with van der Waals surface area (Å²) >= 11 is 1.82. The van der Waals surface area contributed by atoms with Crippen molar-refractivity contribution in [3.05, 3.63) is 0 Å². The van der Waals surface area contributed by atoms with E-state index in [9.17, 15) is 4.79 Å². The van der Waals surface area contributed by atoms with Crippen LogP contribution in [0.15, 0.2) is 0 Å². The maximum Gasteiger partial charge on any atom is 0.326 e. The lowest BCUT2D eigenvalue weighted by atomic mass is 9.94. The van der Waals surface area contributed by atoms with Gasteiger partial charge in [-0.25, -0.2) is 0 Å². The van der Waals surface area contributed by atoms with E-state index in [1.54, 1.807) is 0 Å². The molecular weight excluding hydrogens is 198 g/mol. The first kappa shape index (κ1) is 11.9. The van der Waals surface area contributed by atoms with Gasteiger partial charge in [-0.2, -0.15) is 11.8 Å². The molecule has 1 aliphatic rings. The second-order valence-electron chi connectivity index (χ2n) is 4.03. The van der Waals surface area contributed by atoms with Gasteiger partial charge in [-0.05, 0) is 32.4 Å². The molecule has 0 spiro atoms. The first-order valence-electron chi connectivity index (χ1n) is 5.04. The molecule has 0 saturated carbocycles. The van der Waals surface area contributed by atoms with Crippen LogP contribution < -0.4 is 5.32 Å². The zero-order valence-corrected chi connectivity index (χ0v) is 9.95. The van der Waals surface area contributed by atoms with Gasteiger partial charge in [0.25, 0.3) is 0 Å². The Labute approximate surface area is 90.0 Å². The predicted molar refractivity (Wildman–Crippen MR) is 59.6 cm³/mol. The van der Waals surface area contributed by atoms with Crippen molar-refractivity contribution in [3.63, 3.8) is 0 Å². The Hall–Kier alpha value is -0.220. The van der Waals surface area contributed by atoms with Crippen molar-refractivity contribution >= 4 is 17.7 Å². The smallest absolute Gasteiger partial charge is 0.326 e. The van der Waals surface area contributed by atoms with Crippen LogP contribution in [0.2, 0.25) is 0 Å². The van der Waals surface area contributed by atoms with E-state index in [0.717, 1.165) is 24.3 Å². The fourth-order valence-corrected chi connectivity index (χ4v) is 3.06. The lowest BCUT2D eigenvalue weighted by Crippen LogP contribution is -2.58. The molecule has 0 aliphatic carbocycles. The molecule has 3 nitrogen and oxygen atoms in total. The van der Waals surface area contributed by atoms with Gasteiger partial charge in [0.2, 0.25) is 0 Å². The number of esters is 1. The summed E-state index contributed by atoms with van der Waals surface area (Å²) in [6.45, 7) is 4.12. The molecule has 1 atom stereocenters. The monoisotopic (exact) mass is 217 g/mol. The summed E-state index contributed by atoms with van der Waals surface area (Å²) in [5.41, 5.74) is -0.439. The van der Waals surface area contributed by atoms with Crippen LogP contribution in [0.4, 0.5) is 0 Å². The summed E-state index contributed by atoms with van der Waals surface area (Å²) in [7, 11) is 1.46. The van der Waals surface area contributed by atoms with E-state index >= 15 is 0 Å². The van der Waals surface area contributed by atoms with Crippen molar-refractivity contribution in [2.45, 2.75) is 38.3 Å². The highest BCUT2D eigenvalue weighted by molar-refractivity contribution is 7.99. The fraction of sp³-hybridized carbons (Fsp3) is 0.900. The molecule has 0 amide bonds. The van der Waals surface area contributed by atoms with Gasteiger partial charge in [0, 0.05) is 11.8 Å². The minimum Gasteiger partial charge on any atom is -0.468 e. The highest BCUT2D eigenvalue weighted by atomic mass is 32.2. The Balaban J connectivity index is 2.71. The summed E-state index contributed by atoms with van der Waals surface area (Å²) in [6, 6.07) is 0.313. The molecule has 1 heterocycles. The number of carbonyl (C=O) groups excluding carboxylic acids is 1. The van der Waals surface area contributed by atoms with Gasteiger partial charge >= 0.3 is 5.97 Å². The van der Waals surface area contributed by atoms with Gasteiger partial charge in [0.15, 0.2) is 0 Å². The molecule has 0 bridgehead atoms. The summed E-state index contributed by atoms with van der Waals surface area (Å²) in [4.78, 5) is 11.7. The number of nitrogens with one attached hydrogen (secondary N) is 1. The molecule has 1 unspecified atom stereocenters. The van der Waals surface area contributed by atoms with Gasteiger partial charge < -0.3 is 4.74 Å². The zero-order valence-electron chi connectivity index (χ0n) is 9.13. The van der Waals surface area contributed by atoms with E-state index in [-0.39, 0.29) is 5.97 Å². The van der Waals surface area contributed by atoms with Crippen molar-refractivity contribution in [1.82, 2.24) is 5.32 Å². The molecule has 4 heteroatoms. The zero-order chi connectivity index (χ0) is 10.6. The average molecular weight is 217 g/mol. The third kappa shape index (κ3) is 2.64. The number of hydrogen-bond donors (Lipinski definition) is 1. The van der Waals surface area contributed by atoms with Gasteiger partial charge in [-0.3, -0.25) is 10.1 Å². The van der Waals surface area contributed by atoms with Gasteiger partial charge in [0.1, 0.15) is 5.54 Å². The van der Waals surface area contributed by atoms with Crippen molar-refractivity contribution < 1.29 is 9.53 Å². The average Bonchev–Trinajstić information content (AvgIpc) is 2.17. The largest absolute Gasteiger partial charge is 0.468 e. The van der Waals surface area contributed by atoms with Crippen molar-refractivity contribution in [1.29, 1.82) is 0 Å². The second-order valence-corrected chi connectivity index (χ2v) is 5.13. The van der Waals surface area contributed by atoms with Crippen LogP contribution in [-0.4, -0.2) is 36.2 Å². The lowest BCUT2D eigenvalue weighted by Gasteiger charge is -2.36. The molecule has 1 rings (SSSR count). The van der Waals surface area contributed by atoms with Gasteiger partial charge in [-0.15, -0.1) is 0 Å². The fourth-order valence-electron chi connectivity index (χ4n) is 1.88. The maximum atomic E-state index is 11.7. The Bertz CT molecular complexity index is 200. The van der Waals surface area contributed by atoms with Crippen LogP contribution in [-0.2, 0) is 9.53 Å². The van der Waals surface area contributed by atoms with Crippen LogP contribution in [0.5, 0.6) is 0 Å². The second kappa shape index (κ2) is 5.03. The molecule has 0 aromatic heterocycles. The quantitative estimate of drug-likeness (QED) is 0.726. The third-order valence-corrected chi connectivity index (χ3v) is 3.66. The molecular formula is C10H19NO2S. The maximum absolute atomic E-state index is 11.7. The highest BCUT2D eigenvalue weighted by Crippen LogP contribution is 2.28. The first-order valence-corrected chi connectivity index (χ1v) is 6.20. The summed E-state index contributed by atoms with van der Waals surface area (Å²) in [6.07, 6.45) is 1.98. The minimum absolute atomic E-state index is 0.113. The molecule has 82 valence electrons. The molecule has 14 heavy (non-hydrogen) atoms. The Morgan fingerprint density at radius 3 is 2.71 bits per heavy atom. The van der Waals surface area contributed by atoms with Gasteiger partial charge in [-0.1, -0.05) is 0 Å². The summed E-state index contributed by atoms with van der Waals surface area (Å²) in [5.74, 6) is 1.87. The van der Waals surface area contributed by atoms with Crippen LogP contribution >= 0.6 is 11.8 Å². The van der Waals surface area contributed by atoms with E-state index in [2.05, 4.69) is 19.2 Å². The van der Waals surface area contributed by atoms with Crippen molar-refractivity contribution in [2.24, 2.45) is 0 Å². The summed E-state index contributed by atoms with van der Waals surface area (Å²) in [5, 5.41) is 3.35. The third-order valence-electron chi connectivity index (χ3n) is 2.38. The predicted octanol–water partition coefficient (Wildman–Crippen LogP) is 1.42. The highest BCUT2D eigenvalue weighted by Gasteiger charge is 2.41. The van der Waals surface area contributed by atoms with Crippen LogP contribution in [0.25, 0.3) is 0 Å². The first-order chi connectivity index (χ1) is 6.60. The van der Waals surface area contributed by atoms with Crippen LogP contribution in [0.3, 0.4) is 0 Å². The van der Waals surface area contributed by atoms with Gasteiger partial charge in [0.05, 0.1) is 7.11 Å². The standard InChI is InChI=1S/C10H19NO2S/c1-8(2)11-10(9(12)13-3)5-4-6-14-7-10/h8,11H,4-7H2,1-3H3. The Kier molecular flexibility index (Phi) is 4.26. The number of thioether (sulfide) groups is 1. The molecule has 1 fully saturated rings. The van der Waals surface area contributed by atoms with Crippen LogP contribution in [0, 0.1) is 0 Å².